The molecular formula is C25H30NP. The Morgan fingerprint density at radius 3 is 1.30 bits per heavy atom. The minimum absolute atomic E-state index is 0.239. The molecule has 0 bridgehead atoms. The molecule has 3 aromatic rings. The van der Waals surface area contributed by atoms with Crippen molar-refractivity contribution in [2.24, 2.45) is 16.1 Å². The molecule has 0 aromatic heterocycles. The Morgan fingerprint density at radius 2 is 1.00 bits per heavy atom. The first kappa shape index (κ1) is 19.6. The fraction of sp³-hybridized carbons (Fsp3) is 0.280. The van der Waals surface area contributed by atoms with Gasteiger partial charge in [0, 0.05) is 22.5 Å². The summed E-state index contributed by atoms with van der Waals surface area (Å²) in [6.45, 7) is 10.1. The monoisotopic (exact) mass is 375 g/mol. The van der Waals surface area contributed by atoms with E-state index in [0.29, 0.717) is 5.92 Å². The van der Waals surface area contributed by atoms with E-state index in [0.717, 1.165) is 6.54 Å². The molecule has 0 saturated carbocycles. The van der Waals surface area contributed by atoms with Gasteiger partial charge in [-0.15, -0.1) is 0 Å². The van der Waals surface area contributed by atoms with Gasteiger partial charge in [-0.1, -0.05) is 119 Å². The van der Waals surface area contributed by atoms with Crippen LogP contribution in [0.25, 0.3) is 0 Å². The van der Waals surface area contributed by atoms with Gasteiger partial charge in [0.15, 0.2) is 0 Å². The van der Waals surface area contributed by atoms with Crippen molar-refractivity contribution in [1.29, 1.82) is 0 Å². The second kappa shape index (κ2) is 8.28. The second-order valence-electron chi connectivity index (χ2n) is 8.23. The predicted molar refractivity (Wildman–Crippen MR) is 121 cm³/mol. The Kier molecular flexibility index (Phi) is 6.02. The van der Waals surface area contributed by atoms with Crippen molar-refractivity contribution in [2.75, 3.05) is 6.54 Å². The van der Waals surface area contributed by atoms with Gasteiger partial charge < -0.3 is 0 Å². The van der Waals surface area contributed by atoms with E-state index in [2.05, 4.69) is 119 Å². The van der Waals surface area contributed by atoms with E-state index in [-0.39, 0.29) is 5.41 Å². The van der Waals surface area contributed by atoms with Crippen LogP contribution >= 0.6 is 7.05 Å². The van der Waals surface area contributed by atoms with E-state index in [4.69, 9.17) is 4.74 Å². The summed E-state index contributed by atoms with van der Waals surface area (Å²) >= 11 is 0. The van der Waals surface area contributed by atoms with E-state index >= 15 is 0 Å². The summed E-state index contributed by atoms with van der Waals surface area (Å²) in [5.74, 6) is 0.507. The first-order chi connectivity index (χ1) is 12.9. The maximum absolute atomic E-state index is 5.54. The first-order valence-electron chi connectivity index (χ1n) is 9.69. The molecular weight excluding hydrogens is 345 g/mol. The highest BCUT2D eigenvalue weighted by molar-refractivity contribution is 7.87. The van der Waals surface area contributed by atoms with Gasteiger partial charge in [-0.05, 0) is 11.3 Å². The average molecular weight is 375 g/mol. The van der Waals surface area contributed by atoms with Gasteiger partial charge in [0.05, 0.1) is 7.05 Å². The van der Waals surface area contributed by atoms with E-state index in [9.17, 15) is 0 Å². The summed E-state index contributed by atoms with van der Waals surface area (Å²) in [5.41, 5.74) is 0.239. The SMILES string of the molecule is C[C@H](CN=P(c1ccccc1)(c1ccccc1)c1ccccc1)C(C)(C)C. The standard InChI is InChI=1S/C25H30NP/c1-21(25(2,3)4)20-26-27(22-14-8-5-9-15-22,23-16-10-6-11-17-23)24-18-12-7-13-19-24/h5-19,21H,20H2,1-4H3/t21-/m1/s1. The summed E-state index contributed by atoms with van der Waals surface area (Å²) < 4.78 is 5.54. The summed E-state index contributed by atoms with van der Waals surface area (Å²) in [4.78, 5) is 0. The van der Waals surface area contributed by atoms with Crippen molar-refractivity contribution in [3.8, 4) is 0 Å². The Labute approximate surface area is 164 Å². The minimum Gasteiger partial charge on any atom is -0.289 e. The Bertz CT molecular complexity index is 790. The highest BCUT2D eigenvalue weighted by atomic mass is 31.2. The van der Waals surface area contributed by atoms with E-state index in [1.807, 2.05) is 0 Å². The molecule has 0 spiro atoms. The van der Waals surface area contributed by atoms with Gasteiger partial charge in [-0.2, -0.15) is 0 Å². The number of hydrogen-bond donors (Lipinski definition) is 0. The van der Waals surface area contributed by atoms with E-state index < -0.39 is 7.05 Å². The molecule has 0 radical (unpaired) electrons. The molecule has 2 heteroatoms. The van der Waals surface area contributed by atoms with Crippen molar-refractivity contribution >= 4 is 23.0 Å². The zero-order valence-electron chi connectivity index (χ0n) is 16.8. The van der Waals surface area contributed by atoms with Crippen molar-refractivity contribution < 1.29 is 0 Å². The van der Waals surface area contributed by atoms with Crippen LogP contribution in [0.4, 0.5) is 0 Å². The molecule has 0 heterocycles. The maximum atomic E-state index is 5.54. The van der Waals surface area contributed by atoms with Gasteiger partial charge in [0.1, 0.15) is 0 Å². The maximum Gasteiger partial charge on any atom is 0.0547 e. The summed E-state index contributed by atoms with van der Waals surface area (Å²) in [6.07, 6.45) is 0. The van der Waals surface area contributed by atoms with Crippen LogP contribution in [0.5, 0.6) is 0 Å². The molecule has 1 nitrogen and oxygen atoms in total. The highest BCUT2D eigenvalue weighted by Crippen LogP contribution is 2.47. The molecule has 1 atom stereocenters. The molecule has 0 aliphatic carbocycles. The minimum atomic E-state index is -2.05. The Hall–Kier alpha value is -2.11. The number of hydrogen-bond acceptors (Lipinski definition) is 1. The van der Waals surface area contributed by atoms with Crippen LogP contribution in [0, 0.1) is 11.3 Å². The molecule has 0 fully saturated rings. The lowest BCUT2D eigenvalue weighted by Gasteiger charge is -2.30. The van der Waals surface area contributed by atoms with Crippen molar-refractivity contribution in [3.05, 3.63) is 91.0 Å². The first-order valence-corrected chi connectivity index (χ1v) is 11.4. The molecule has 0 amide bonds. The number of rotatable bonds is 5. The van der Waals surface area contributed by atoms with Crippen molar-refractivity contribution in [1.82, 2.24) is 0 Å². The predicted octanol–water partition coefficient (Wildman–Crippen LogP) is 5.85. The molecule has 0 aliphatic heterocycles. The lowest BCUT2D eigenvalue weighted by Crippen LogP contribution is -2.27. The lowest BCUT2D eigenvalue weighted by atomic mass is 9.82. The molecule has 0 aliphatic rings. The third-order valence-electron chi connectivity index (χ3n) is 5.44. The van der Waals surface area contributed by atoms with Crippen molar-refractivity contribution in [2.45, 2.75) is 27.7 Å². The molecule has 0 saturated heterocycles. The van der Waals surface area contributed by atoms with Crippen LogP contribution in [0.15, 0.2) is 95.7 Å². The third kappa shape index (κ3) is 4.25. The summed E-state index contributed by atoms with van der Waals surface area (Å²) in [6, 6.07) is 32.6. The summed E-state index contributed by atoms with van der Waals surface area (Å²) in [5, 5.41) is 3.97. The van der Waals surface area contributed by atoms with Crippen LogP contribution in [0.1, 0.15) is 27.7 Å². The molecule has 140 valence electrons. The van der Waals surface area contributed by atoms with Crippen LogP contribution in [-0.4, -0.2) is 6.54 Å². The van der Waals surface area contributed by atoms with E-state index in [1.54, 1.807) is 0 Å². The second-order valence-corrected chi connectivity index (χ2v) is 11.3. The van der Waals surface area contributed by atoms with Crippen LogP contribution in [0.2, 0.25) is 0 Å². The van der Waals surface area contributed by atoms with E-state index in [1.165, 1.54) is 15.9 Å². The fourth-order valence-electron chi connectivity index (χ4n) is 3.14. The van der Waals surface area contributed by atoms with Crippen LogP contribution in [-0.2, 0) is 0 Å². The number of benzene rings is 3. The molecule has 27 heavy (non-hydrogen) atoms. The zero-order chi connectivity index (χ0) is 19.3. The zero-order valence-corrected chi connectivity index (χ0v) is 17.7. The smallest absolute Gasteiger partial charge is 0.0547 e. The summed E-state index contributed by atoms with van der Waals surface area (Å²) in [7, 11) is -2.05. The molecule has 3 rings (SSSR count). The van der Waals surface area contributed by atoms with Crippen LogP contribution in [0.3, 0.4) is 0 Å². The van der Waals surface area contributed by atoms with Crippen LogP contribution < -0.4 is 15.9 Å². The van der Waals surface area contributed by atoms with Gasteiger partial charge in [0.2, 0.25) is 0 Å². The Balaban J connectivity index is 2.30. The largest absolute Gasteiger partial charge is 0.289 e. The third-order valence-corrected chi connectivity index (χ3v) is 9.16. The van der Waals surface area contributed by atoms with Gasteiger partial charge in [0.25, 0.3) is 0 Å². The van der Waals surface area contributed by atoms with Gasteiger partial charge in [-0.3, -0.25) is 4.74 Å². The molecule has 3 aromatic carbocycles. The molecule has 0 unspecified atom stereocenters. The quantitative estimate of drug-likeness (QED) is 0.496. The van der Waals surface area contributed by atoms with Crippen molar-refractivity contribution in [3.63, 3.8) is 0 Å². The molecule has 0 N–H and O–H groups in total. The fourth-order valence-corrected chi connectivity index (χ4v) is 6.83. The Morgan fingerprint density at radius 1 is 0.667 bits per heavy atom. The number of nitrogens with zero attached hydrogens (tertiary/aromatic N) is 1. The lowest BCUT2D eigenvalue weighted by molar-refractivity contribution is 0.270. The topological polar surface area (TPSA) is 12.4 Å². The average Bonchev–Trinajstić information content (AvgIpc) is 2.70. The normalized spacial score (nSPS) is 13.2. The highest BCUT2D eigenvalue weighted by Gasteiger charge is 2.28. The van der Waals surface area contributed by atoms with Gasteiger partial charge in [-0.25, -0.2) is 0 Å². The van der Waals surface area contributed by atoms with Gasteiger partial charge >= 0.3 is 0 Å².